The van der Waals surface area contributed by atoms with Crippen LogP contribution >= 0.6 is 0 Å². The zero-order chi connectivity index (χ0) is 45.1. The summed E-state index contributed by atoms with van der Waals surface area (Å²) in [5.74, 6) is 0.907. The van der Waals surface area contributed by atoms with Gasteiger partial charge < -0.3 is 78.4 Å². The molecule has 5 saturated heterocycles. The Morgan fingerprint density at radius 3 is 2.17 bits per heavy atom. The highest BCUT2D eigenvalue weighted by atomic mass is 16.8. The van der Waals surface area contributed by atoms with Gasteiger partial charge in [0.05, 0.1) is 43.7 Å². The molecule has 5 aliphatic heterocycles. The third kappa shape index (κ3) is 7.78. The Kier molecular flexibility index (Phi) is 12.8. The van der Waals surface area contributed by atoms with Gasteiger partial charge in [0.25, 0.3) is 0 Å². The molecular weight excluding hydrogens is 824 g/mol. The van der Waals surface area contributed by atoms with Gasteiger partial charge in [0.1, 0.15) is 48.8 Å². The van der Waals surface area contributed by atoms with E-state index in [1.54, 1.807) is 13.8 Å². The predicted octanol–water partition coefficient (Wildman–Crippen LogP) is 1.42. The summed E-state index contributed by atoms with van der Waals surface area (Å²) in [4.78, 5) is 11.9. The van der Waals surface area contributed by atoms with Crippen molar-refractivity contribution < 1.29 is 83.2 Å². The lowest BCUT2D eigenvalue weighted by Crippen LogP contribution is -2.66. The van der Waals surface area contributed by atoms with Crippen LogP contribution in [0.1, 0.15) is 99.8 Å². The van der Waals surface area contributed by atoms with Gasteiger partial charge in [-0.05, 0) is 87.4 Å². The highest BCUT2D eigenvalue weighted by molar-refractivity contribution is 5.66. The average Bonchev–Trinajstić information content (AvgIpc) is 3.68. The minimum Gasteiger partial charge on any atom is -0.457 e. The Morgan fingerprint density at radius 1 is 0.746 bits per heavy atom. The van der Waals surface area contributed by atoms with Crippen LogP contribution in [0.2, 0.25) is 0 Å². The molecule has 9 aliphatic rings. The Hall–Kier alpha value is -1.39. The summed E-state index contributed by atoms with van der Waals surface area (Å²) in [6.45, 7) is 14.0. The standard InChI is InChI=1S/C46H72O17/c1-19-10-13-46(56-17-19)20(2)32-30(63-46)16-28-26-9-8-24-14-25(48)15-31(45(24,7)27(26)11-12-44(28,32)6)60-43-40(62-42-37(54)35(52)38(22(4)58-42)59-23(5)47)39(33(50)21(3)57-43)61-41-36(53)34(51)29(49)18-55-41/h8,19-22,25-43,48-54H,9-18H2,1-7H3/t19-,20-,21+,22-,25+,26?,27?,28?,29+,30-,31+,32?,33-,34-,35-,36+,37+,38-,39-,40+,41-,42-,43-,44-,45-,46+/m0/s1. The fraction of sp³-hybridized carbons (Fsp3) is 0.935. The molecule has 17 nitrogen and oxygen atoms in total. The van der Waals surface area contributed by atoms with E-state index in [2.05, 4.69) is 33.8 Å². The molecule has 26 atom stereocenters. The van der Waals surface area contributed by atoms with Crippen molar-refractivity contribution in [2.45, 2.75) is 210 Å². The summed E-state index contributed by atoms with van der Waals surface area (Å²) < 4.78 is 56.7. The molecule has 0 aromatic heterocycles. The summed E-state index contributed by atoms with van der Waals surface area (Å²) in [5.41, 5.74) is 0.635. The maximum atomic E-state index is 11.9. The molecule has 0 radical (unpaired) electrons. The van der Waals surface area contributed by atoms with Crippen LogP contribution in [0.3, 0.4) is 0 Å². The molecule has 0 aromatic rings. The third-order valence-corrected chi connectivity index (χ3v) is 17.6. The van der Waals surface area contributed by atoms with Crippen LogP contribution in [0, 0.1) is 46.3 Å². The maximum Gasteiger partial charge on any atom is 0.303 e. The smallest absolute Gasteiger partial charge is 0.303 e. The summed E-state index contributed by atoms with van der Waals surface area (Å²) in [6.07, 6.45) is -12.2. The first-order chi connectivity index (χ1) is 29.8. The second-order valence-corrected chi connectivity index (χ2v) is 21.3. The van der Waals surface area contributed by atoms with Gasteiger partial charge in [-0.1, -0.05) is 39.3 Å². The number of aliphatic hydroxyl groups is 7. The van der Waals surface area contributed by atoms with Gasteiger partial charge in [-0.25, -0.2) is 0 Å². The first-order valence-electron chi connectivity index (χ1n) is 23.6. The van der Waals surface area contributed by atoms with Gasteiger partial charge in [-0.15, -0.1) is 0 Å². The maximum absolute atomic E-state index is 11.9. The zero-order valence-corrected chi connectivity index (χ0v) is 37.6. The minimum atomic E-state index is -1.75. The van der Waals surface area contributed by atoms with Gasteiger partial charge >= 0.3 is 5.97 Å². The van der Waals surface area contributed by atoms with Gasteiger partial charge in [0.15, 0.2) is 30.8 Å². The van der Waals surface area contributed by atoms with Crippen molar-refractivity contribution in [2.75, 3.05) is 13.2 Å². The van der Waals surface area contributed by atoms with Crippen LogP contribution < -0.4 is 0 Å². The lowest BCUT2D eigenvalue weighted by atomic mass is 9.46. The first-order valence-corrected chi connectivity index (χ1v) is 23.6. The monoisotopic (exact) mass is 896 g/mol. The van der Waals surface area contributed by atoms with Gasteiger partial charge in [0.2, 0.25) is 0 Å². The zero-order valence-electron chi connectivity index (χ0n) is 37.6. The molecule has 7 N–H and O–H groups in total. The highest BCUT2D eigenvalue weighted by Gasteiger charge is 2.70. The number of hydrogen-bond donors (Lipinski definition) is 7. The summed E-state index contributed by atoms with van der Waals surface area (Å²) in [7, 11) is 0. The van der Waals surface area contributed by atoms with Crippen molar-refractivity contribution >= 4 is 5.97 Å². The van der Waals surface area contributed by atoms with E-state index in [0.29, 0.717) is 30.1 Å². The summed E-state index contributed by atoms with van der Waals surface area (Å²) >= 11 is 0. The fourth-order valence-corrected chi connectivity index (χ4v) is 14.1. The molecule has 17 heteroatoms. The van der Waals surface area contributed by atoms with E-state index in [0.717, 1.165) is 50.7 Å². The third-order valence-electron chi connectivity index (χ3n) is 17.6. The van der Waals surface area contributed by atoms with Crippen molar-refractivity contribution in [1.82, 2.24) is 0 Å². The Bertz CT molecular complexity index is 1690. The Morgan fingerprint density at radius 2 is 1.46 bits per heavy atom. The number of carbonyl (C=O) groups is 1. The lowest BCUT2D eigenvalue weighted by molar-refractivity contribution is -0.391. The SMILES string of the molecule is CC(=O)O[C@@H]1[C@@H](O)[C@@H](O)[C@H](O[C@H]2[C@H](O[C@@H]3C[C@H](O)CC4=CCC5C6C[C@@H]7O[C@]8(CC[C@H](C)CO8)[C@@H](C)C7[C@@]6(C)CCC5[C@]43C)O[C@H](C)[C@H](O)[C@@H]2O[C@@H]2OC[C@@H](O)[C@H](O)[C@H]2O)O[C@H]1C. The normalized spacial score (nSPS) is 56.8. The first kappa shape index (κ1) is 46.7. The topological polar surface area (TPSA) is 242 Å². The second-order valence-electron chi connectivity index (χ2n) is 21.3. The number of fused-ring (bicyclic) bond motifs is 7. The van der Waals surface area contributed by atoms with Crippen LogP contribution in [0.4, 0.5) is 0 Å². The van der Waals surface area contributed by atoms with Crippen molar-refractivity contribution in [2.24, 2.45) is 46.3 Å². The molecule has 9 rings (SSSR count). The molecule has 1 spiro atoms. The highest BCUT2D eigenvalue weighted by Crippen LogP contribution is 2.71. The molecule has 358 valence electrons. The largest absolute Gasteiger partial charge is 0.457 e. The number of aliphatic hydroxyl groups excluding tert-OH is 7. The van der Waals surface area contributed by atoms with Crippen molar-refractivity contribution in [3.63, 3.8) is 0 Å². The van der Waals surface area contributed by atoms with Crippen LogP contribution in [0.5, 0.6) is 0 Å². The number of carbonyl (C=O) groups excluding carboxylic acids is 1. The van der Waals surface area contributed by atoms with Gasteiger partial charge in [0, 0.05) is 31.1 Å². The van der Waals surface area contributed by atoms with E-state index in [9.17, 15) is 40.5 Å². The molecule has 8 fully saturated rings. The van der Waals surface area contributed by atoms with Crippen molar-refractivity contribution in [3.8, 4) is 0 Å². The predicted molar refractivity (Wildman–Crippen MR) is 218 cm³/mol. The summed E-state index contributed by atoms with van der Waals surface area (Å²) in [6, 6.07) is 0. The van der Waals surface area contributed by atoms with E-state index < -0.39 is 115 Å². The number of rotatable bonds is 7. The van der Waals surface area contributed by atoms with E-state index in [1.807, 2.05) is 0 Å². The number of ether oxygens (including phenoxy) is 9. The van der Waals surface area contributed by atoms with Crippen LogP contribution in [-0.4, -0.2) is 165 Å². The van der Waals surface area contributed by atoms with E-state index in [-0.39, 0.29) is 36.4 Å². The molecule has 63 heavy (non-hydrogen) atoms. The molecule has 0 amide bonds. The van der Waals surface area contributed by atoms with E-state index in [1.165, 1.54) is 6.92 Å². The van der Waals surface area contributed by atoms with Gasteiger partial charge in [-0.3, -0.25) is 4.79 Å². The molecule has 4 aliphatic carbocycles. The van der Waals surface area contributed by atoms with Gasteiger partial charge in [-0.2, -0.15) is 0 Å². The Balaban J connectivity index is 1.01. The fourth-order valence-electron chi connectivity index (χ4n) is 14.1. The summed E-state index contributed by atoms with van der Waals surface area (Å²) in [5, 5.41) is 77.3. The number of esters is 1. The molecule has 0 aromatic carbocycles. The number of allylic oxidation sites excluding steroid dienone is 1. The second kappa shape index (κ2) is 17.3. The average molecular weight is 897 g/mol. The molecule has 5 heterocycles. The van der Waals surface area contributed by atoms with E-state index in [4.69, 9.17) is 42.6 Å². The van der Waals surface area contributed by atoms with E-state index >= 15 is 0 Å². The molecule has 3 saturated carbocycles. The lowest BCUT2D eigenvalue weighted by Gasteiger charge is -2.60. The molecular formula is C46H72O17. The van der Waals surface area contributed by atoms with Crippen molar-refractivity contribution in [3.05, 3.63) is 11.6 Å². The number of hydrogen-bond acceptors (Lipinski definition) is 17. The van der Waals surface area contributed by atoms with Crippen LogP contribution in [0.15, 0.2) is 11.6 Å². The quantitative estimate of drug-likeness (QED) is 0.141. The minimum absolute atomic E-state index is 0.0569. The molecule has 4 unspecified atom stereocenters. The molecule has 0 bridgehead atoms. The van der Waals surface area contributed by atoms with Crippen LogP contribution in [-0.2, 0) is 47.4 Å². The van der Waals surface area contributed by atoms with Crippen LogP contribution in [0.25, 0.3) is 0 Å². The Labute approximate surface area is 369 Å². The van der Waals surface area contributed by atoms with Crippen molar-refractivity contribution in [1.29, 1.82) is 0 Å².